The molecular formula is C14H21N3O2. The van der Waals surface area contributed by atoms with Crippen LogP contribution in [0.2, 0.25) is 0 Å². The smallest absolute Gasteiger partial charge is 0.251 e. The summed E-state index contributed by atoms with van der Waals surface area (Å²) in [5, 5.41) is 2.63. The van der Waals surface area contributed by atoms with Crippen molar-refractivity contribution >= 4 is 17.3 Å². The van der Waals surface area contributed by atoms with Crippen LogP contribution >= 0.6 is 0 Å². The first-order valence-electron chi connectivity index (χ1n) is 6.55. The molecule has 0 saturated carbocycles. The van der Waals surface area contributed by atoms with E-state index in [1.54, 1.807) is 26.3 Å². The number of piperidine rings is 1. The average molecular weight is 263 g/mol. The highest BCUT2D eigenvalue weighted by atomic mass is 16.5. The number of nitrogens with zero attached hydrogens (tertiary/aromatic N) is 1. The van der Waals surface area contributed by atoms with Crippen LogP contribution in [0.1, 0.15) is 23.2 Å². The van der Waals surface area contributed by atoms with Crippen molar-refractivity contribution in [3.05, 3.63) is 23.8 Å². The van der Waals surface area contributed by atoms with E-state index in [9.17, 15) is 4.79 Å². The zero-order valence-electron chi connectivity index (χ0n) is 11.5. The maximum atomic E-state index is 11.7. The highest BCUT2D eigenvalue weighted by molar-refractivity contribution is 5.96. The highest BCUT2D eigenvalue weighted by Gasteiger charge is 2.21. The van der Waals surface area contributed by atoms with Crippen LogP contribution in [-0.4, -0.2) is 39.3 Å². The Bertz CT molecular complexity index is 454. The van der Waals surface area contributed by atoms with Gasteiger partial charge in [-0.2, -0.15) is 0 Å². The van der Waals surface area contributed by atoms with E-state index in [4.69, 9.17) is 10.5 Å². The SMILES string of the molecule is CNC(=O)c1ccc(N)c(N2CCC(OC)CC2)c1. The van der Waals surface area contributed by atoms with Crippen LogP contribution in [0.25, 0.3) is 0 Å². The molecule has 3 N–H and O–H groups in total. The van der Waals surface area contributed by atoms with Gasteiger partial charge in [-0.15, -0.1) is 0 Å². The first-order chi connectivity index (χ1) is 9.15. The lowest BCUT2D eigenvalue weighted by Gasteiger charge is -2.33. The fourth-order valence-electron chi connectivity index (χ4n) is 2.44. The van der Waals surface area contributed by atoms with Crippen molar-refractivity contribution in [3.63, 3.8) is 0 Å². The number of rotatable bonds is 3. The summed E-state index contributed by atoms with van der Waals surface area (Å²) in [5.41, 5.74) is 8.32. The number of amides is 1. The van der Waals surface area contributed by atoms with Gasteiger partial charge in [0, 0.05) is 32.8 Å². The molecular weight excluding hydrogens is 242 g/mol. The molecule has 5 nitrogen and oxygen atoms in total. The van der Waals surface area contributed by atoms with Gasteiger partial charge in [-0.1, -0.05) is 0 Å². The van der Waals surface area contributed by atoms with E-state index in [1.807, 2.05) is 6.07 Å². The van der Waals surface area contributed by atoms with E-state index in [0.717, 1.165) is 31.6 Å². The van der Waals surface area contributed by atoms with Crippen molar-refractivity contribution in [2.75, 3.05) is 37.9 Å². The van der Waals surface area contributed by atoms with Gasteiger partial charge in [-0.25, -0.2) is 0 Å². The standard InChI is InChI=1S/C14H21N3O2/c1-16-14(18)10-3-4-12(15)13(9-10)17-7-5-11(19-2)6-8-17/h3-4,9,11H,5-8,15H2,1-2H3,(H,16,18). The number of methoxy groups -OCH3 is 1. The van der Waals surface area contributed by atoms with Crippen LogP contribution in [-0.2, 0) is 4.74 Å². The van der Waals surface area contributed by atoms with Crippen LogP contribution in [0.4, 0.5) is 11.4 Å². The molecule has 0 radical (unpaired) electrons. The summed E-state index contributed by atoms with van der Waals surface area (Å²) in [6.07, 6.45) is 2.31. The number of hydrogen-bond acceptors (Lipinski definition) is 4. The van der Waals surface area contributed by atoms with Gasteiger partial charge < -0.3 is 20.7 Å². The summed E-state index contributed by atoms with van der Waals surface area (Å²) >= 11 is 0. The molecule has 0 aromatic heterocycles. The second-order valence-corrected chi connectivity index (χ2v) is 4.77. The molecule has 1 aliphatic heterocycles. The van der Waals surface area contributed by atoms with Crippen molar-refractivity contribution < 1.29 is 9.53 Å². The Morgan fingerprint density at radius 3 is 2.68 bits per heavy atom. The molecule has 0 atom stereocenters. The summed E-state index contributed by atoms with van der Waals surface area (Å²) < 4.78 is 5.36. The largest absolute Gasteiger partial charge is 0.397 e. The molecule has 1 saturated heterocycles. The molecule has 1 aliphatic rings. The topological polar surface area (TPSA) is 67.6 Å². The zero-order chi connectivity index (χ0) is 13.8. The molecule has 2 rings (SSSR count). The normalized spacial score (nSPS) is 16.4. The van der Waals surface area contributed by atoms with Crippen molar-refractivity contribution in [1.29, 1.82) is 0 Å². The predicted molar refractivity (Wildman–Crippen MR) is 76.5 cm³/mol. The molecule has 104 valence electrons. The van der Waals surface area contributed by atoms with Gasteiger partial charge in [0.15, 0.2) is 0 Å². The number of benzene rings is 1. The molecule has 1 aromatic rings. The molecule has 1 aromatic carbocycles. The minimum Gasteiger partial charge on any atom is -0.397 e. The number of nitrogens with two attached hydrogens (primary N) is 1. The molecule has 0 bridgehead atoms. The Morgan fingerprint density at radius 2 is 2.11 bits per heavy atom. The lowest BCUT2D eigenvalue weighted by molar-refractivity contribution is 0.0819. The predicted octanol–water partition coefficient (Wildman–Crippen LogP) is 1.24. The summed E-state index contributed by atoms with van der Waals surface area (Å²) in [6, 6.07) is 5.41. The van der Waals surface area contributed by atoms with E-state index in [0.29, 0.717) is 17.4 Å². The van der Waals surface area contributed by atoms with E-state index in [-0.39, 0.29) is 5.91 Å². The number of hydrogen-bond donors (Lipinski definition) is 2. The molecule has 19 heavy (non-hydrogen) atoms. The highest BCUT2D eigenvalue weighted by Crippen LogP contribution is 2.28. The van der Waals surface area contributed by atoms with Gasteiger partial charge in [-0.3, -0.25) is 4.79 Å². The Labute approximate surface area is 113 Å². The number of ether oxygens (including phenoxy) is 1. The second-order valence-electron chi connectivity index (χ2n) is 4.77. The van der Waals surface area contributed by atoms with Crippen LogP contribution in [0, 0.1) is 0 Å². The van der Waals surface area contributed by atoms with Crippen molar-refractivity contribution in [1.82, 2.24) is 5.32 Å². The number of carbonyl (C=O) groups is 1. The van der Waals surface area contributed by atoms with Crippen molar-refractivity contribution in [3.8, 4) is 0 Å². The maximum absolute atomic E-state index is 11.7. The van der Waals surface area contributed by atoms with Gasteiger partial charge in [0.05, 0.1) is 17.5 Å². The van der Waals surface area contributed by atoms with Crippen LogP contribution < -0.4 is 16.0 Å². The van der Waals surface area contributed by atoms with Crippen molar-refractivity contribution in [2.24, 2.45) is 0 Å². The zero-order valence-corrected chi connectivity index (χ0v) is 11.5. The lowest BCUT2D eigenvalue weighted by atomic mass is 10.1. The van der Waals surface area contributed by atoms with E-state index < -0.39 is 0 Å². The summed E-state index contributed by atoms with van der Waals surface area (Å²) in [5.74, 6) is -0.0898. The van der Waals surface area contributed by atoms with E-state index >= 15 is 0 Å². The molecule has 0 unspecified atom stereocenters. The van der Waals surface area contributed by atoms with Crippen LogP contribution in [0.3, 0.4) is 0 Å². The van der Waals surface area contributed by atoms with E-state index in [1.165, 1.54) is 0 Å². The van der Waals surface area contributed by atoms with Crippen LogP contribution in [0.15, 0.2) is 18.2 Å². The van der Waals surface area contributed by atoms with Crippen LogP contribution in [0.5, 0.6) is 0 Å². The Morgan fingerprint density at radius 1 is 1.42 bits per heavy atom. The molecule has 5 heteroatoms. The number of nitrogens with one attached hydrogen (secondary N) is 1. The minimum atomic E-state index is -0.0898. The summed E-state index contributed by atoms with van der Waals surface area (Å²) in [6.45, 7) is 1.81. The second kappa shape index (κ2) is 5.93. The van der Waals surface area contributed by atoms with Gasteiger partial charge in [-0.05, 0) is 31.0 Å². The number of nitrogen functional groups attached to an aromatic ring is 1. The van der Waals surface area contributed by atoms with E-state index in [2.05, 4.69) is 10.2 Å². The molecule has 0 aliphatic carbocycles. The Balaban J connectivity index is 2.17. The Hall–Kier alpha value is -1.75. The third kappa shape index (κ3) is 2.98. The summed E-state index contributed by atoms with van der Waals surface area (Å²) in [7, 11) is 3.38. The number of anilines is 2. The average Bonchev–Trinajstić information content (AvgIpc) is 2.47. The fraction of sp³-hybridized carbons (Fsp3) is 0.500. The van der Waals surface area contributed by atoms with Gasteiger partial charge in [0.2, 0.25) is 0 Å². The third-order valence-electron chi connectivity index (χ3n) is 3.64. The molecule has 1 amide bonds. The monoisotopic (exact) mass is 263 g/mol. The fourth-order valence-corrected chi connectivity index (χ4v) is 2.44. The lowest BCUT2D eigenvalue weighted by Crippen LogP contribution is -2.37. The quantitative estimate of drug-likeness (QED) is 0.805. The summed E-state index contributed by atoms with van der Waals surface area (Å²) in [4.78, 5) is 13.9. The Kier molecular flexibility index (Phi) is 4.27. The van der Waals surface area contributed by atoms with Crippen molar-refractivity contribution in [2.45, 2.75) is 18.9 Å². The third-order valence-corrected chi connectivity index (χ3v) is 3.64. The van der Waals surface area contributed by atoms with Gasteiger partial charge >= 0.3 is 0 Å². The minimum absolute atomic E-state index is 0.0898. The van der Waals surface area contributed by atoms with Gasteiger partial charge in [0.25, 0.3) is 5.91 Å². The first-order valence-corrected chi connectivity index (χ1v) is 6.55. The first kappa shape index (κ1) is 13.7. The molecule has 1 fully saturated rings. The molecule has 0 spiro atoms. The maximum Gasteiger partial charge on any atom is 0.251 e. The number of carbonyl (C=O) groups excluding carboxylic acids is 1. The molecule has 1 heterocycles. The van der Waals surface area contributed by atoms with Gasteiger partial charge in [0.1, 0.15) is 0 Å².